The van der Waals surface area contributed by atoms with Gasteiger partial charge in [-0.05, 0) is 37.1 Å². The van der Waals surface area contributed by atoms with Crippen molar-refractivity contribution in [1.82, 2.24) is 9.88 Å². The van der Waals surface area contributed by atoms with Gasteiger partial charge >= 0.3 is 5.97 Å². The quantitative estimate of drug-likeness (QED) is 0.842. The average Bonchev–Trinajstić information content (AvgIpc) is 2.93. The molecule has 1 unspecified atom stereocenters. The fourth-order valence-electron chi connectivity index (χ4n) is 2.47. The van der Waals surface area contributed by atoms with E-state index in [1.807, 2.05) is 11.2 Å². The van der Waals surface area contributed by atoms with Gasteiger partial charge < -0.3 is 10.0 Å². The number of carbonyl (C=O) groups is 2. The number of carboxylic acids is 1. The van der Waals surface area contributed by atoms with E-state index in [1.165, 1.54) is 11.8 Å². The Morgan fingerprint density at radius 3 is 3.05 bits per heavy atom. The number of aliphatic carboxylic acids is 1. The normalized spacial score (nSPS) is 18.2. The molecule has 1 aliphatic rings. The first kappa shape index (κ1) is 14.8. The van der Waals surface area contributed by atoms with Crippen LogP contribution in [0.5, 0.6) is 0 Å². The Morgan fingerprint density at radius 2 is 2.35 bits per heavy atom. The molecule has 0 saturated carbocycles. The highest BCUT2D eigenvalue weighted by atomic mass is 32.2. The molecule has 6 heteroatoms. The molecule has 2 heterocycles. The van der Waals surface area contributed by atoms with E-state index in [-0.39, 0.29) is 12.3 Å². The summed E-state index contributed by atoms with van der Waals surface area (Å²) < 4.78 is 0. The number of thioether (sulfide) groups is 1. The number of amides is 1. The second-order valence-corrected chi connectivity index (χ2v) is 5.69. The molecule has 0 bridgehead atoms. The minimum absolute atomic E-state index is 0.000255. The Balaban J connectivity index is 1.99. The summed E-state index contributed by atoms with van der Waals surface area (Å²) in [5.41, 5.74) is 0.638. The first-order chi connectivity index (χ1) is 9.61. The third-order valence-electron chi connectivity index (χ3n) is 3.53. The standard InChI is InChI=1S/C14H18N2O3S/c1-20-13-11(3-2-7-15-13)14(19)16-8-6-10(9-16)4-5-12(17)18/h2-3,7,10H,4-6,8-9H2,1H3,(H,17,18). The van der Waals surface area contributed by atoms with Gasteiger partial charge in [-0.15, -0.1) is 11.8 Å². The van der Waals surface area contributed by atoms with Gasteiger partial charge in [0.2, 0.25) is 0 Å². The Kier molecular flexibility index (Phi) is 5.00. The number of nitrogens with zero attached hydrogens (tertiary/aromatic N) is 2. The van der Waals surface area contributed by atoms with Gasteiger partial charge in [-0.3, -0.25) is 9.59 Å². The van der Waals surface area contributed by atoms with Crippen molar-refractivity contribution in [3.8, 4) is 0 Å². The minimum Gasteiger partial charge on any atom is -0.481 e. The van der Waals surface area contributed by atoms with Crippen LogP contribution in [0.3, 0.4) is 0 Å². The number of likely N-dealkylation sites (tertiary alicyclic amines) is 1. The molecule has 20 heavy (non-hydrogen) atoms. The van der Waals surface area contributed by atoms with Crippen LogP contribution in [0.4, 0.5) is 0 Å². The van der Waals surface area contributed by atoms with Crippen LogP contribution < -0.4 is 0 Å². The zero-order chi connectivity index (χ0) is 14.5. The summed E-state index contributed by atoms with van der Waals surface area (Å²) in [4.78, 5) is 29.1. The number of carbonyl (C=O) groups excluding carboxylic acids is 1. The van der Waals surface area contributed by atoms with Crippen LogP contribution in [-0.4, -0.2) is 46.2 Å². The molecule has 0 spiro atoms. The van der Waals surface area contributed by atoms with Gasteiger partial charge in [-0.25, -0.2) is 4.98 Å². The molecule has 0 aliphatic carbocycles. The molecule has 1 aromatic heterocycles. The Morgan fingerprint density at radius 1 is 1.55 bits per heavy atom. The van der Waals surface area contributed by atoms with E-state index in [2.05, 4.69) is 4.98 Å². The number of pyridine rings is 1. The summed E-state index contributed by atoms with van der Waals surface area (Å²) in [5.74, 6) is -0.476. The van der Waals surface area contributed by atoms with Crippen LogP contribution >= 0.6 is 11.8 Å². The van der Waals surface area contributed by atoms with E-state index in [4.69, 9.17) is 5.11 Å². The molecule has 0 aromatic carbocycles. The van der Waals surface area contributed by atoms with Crippen LogP contribution in [0, 0.1) is 5.92 Å². The van der Waals surface area contributed by atoms with Crippen molar-refractivity contribution in [1.29, 1.82) is 0 Å². The van der Waals surface area contributed by atoms with Crippen molar-refractivity contribution >= 4 is 23.6 Å². The van der Waals surface area contributed by atoms with Crippen LogP contribution in [0.25, 0.3) is 0 Å². The van der Waals surface area contributed by atoms with E-state index in [0.717, 1.165) is 11.4 Å². The minimum atomic E-state index is -0.772. The van der Waals surface area contributed by atoms with Gasteiger partial charge in [-0.1, -0.05) is 0 Å². The van der Waals surface area contributed by atoms with Crippen LogP contribution in [0.2, 0.25) is 0 Å². The SMILES string of the molecule is CSc1ncccc1C(=O)N1CCC(CCC(=O)O)C1. The molecule has 1 aliphatic heterocycles. The van der Waals surface area contributed by atoms with Crippen molar-refractivity contribution in [3.05, 3.63) is 23.9 Å². The molecule has 1 atom stereocenters. The van der Waals surface area contributed by atoms with Crippen LogP contribution in [0.15, 0.2) is 23.4 Å². The smallest absolute Gasteiger partial charge is 0.303 e. The van der Waals surface area contributed by atoms with Gasteiger partial charge in [0.25, 0.3) is 5.91 Å². The second-order valence-electron chi connectivity index (χ2n) is 4.90. The third kappa shape index (κ3) is 3.50. The third-order valence-corrected chi connectivity index (χ3v) is 4.25. The van der Waals surface area contributed by atoms with Gasteiger partial charge in [0.15, 0.2) is 0 Å². The highest BCUT2D eigenvalue weighted by molar-refractivity contribution is 7.98. The van der Waals surface area contributed by atoms with Crippen LogP contribution in [0.1, 0.15) is 29.6 Å². The lowest BCUT2D eigenvalue weighted by Gasteiger charge is -2.17. The fraction of sp³-hybridized carbons (Fsp3) is 0.500. The molecule has 5 nitrogen and oxygen atoms in total. The topological polar surface area (TPSA) is 70.5 Å². The molecule has 1 amide bonds. The van der Waals surface area contributed by atoms with E-state index in [9.17, 15) is 9.59 Å². The lowest BCUT2D eigenvalue weighted by Crippen LogP contribution is -2.29. The number of hydrogen-bond donors (Lipinski definition) is 1. The molecule has 108 valence electrons. The van der Waals surface area contributed by atoms with Crippen molar-refractivity contribution < 1.29 is 14.7 Å². The first-order valence-electron chi connectivity index (χ1n) is 6.62. The first-order valence-corrected chi connectivity index (χ1v) is 7.84. The van der Waals surface area contributed by atoms with Crippen molar-refractivity contribution in [2.75, 3.05) is 19.3 Å². The number of aromatic nitrogens is 1. The predicted octanol–water partition coefficient (Wildman–Crippen LogP) is 2.13. The maximum Gasteiger partial charge on any atom is 0.303 e. The summed E-state index contributed by atoms with van der Waals surface area (Å²) in [6, 6.07) is 3.57. The summed E-state index contributed by atoms with van der Waals surface area (Å²) >= 11 is 1.46. The zero-order valence-corrected chi connectivity index (χ0v) is 12.2. The molecule has 1 N–H and O–H groups in total. The van der Waals surface area contributed by atoms with E-state index in [1.54, 1.807) is 18.3 Å². The Labute approximate surface area is 122 Å². The maximum absolute atomic E-state index is 12.5. The monoisotopic (exact) mass is 294 g/mol. The maximum atomic E-state index is 12.5. The average molecular weight is 294 g/mol. The van der Waals surface area contributed by atoms with Crippen molar-refractivity contribution in [3.63, 3.8) is 0 Å². The van der Waals surface area contributed by atoms with Crippen LogP contribution in [-0.2, 0) is 4.79 Å². The molecule has 0 radical (unpaired) electrons. The van der Waals surface area contributed by atoms with Gasteiger partial charge in [0.05, 0.1) is 5.56 Å². The Hall–Kier alpha value is -1.56. The summed E-state index contributed by atoms with van der Waals surface area (Å²) in [7, 11) is 0. The van der Waals surface area contributed by atoms with Crippen molar-refractivity contribution in [2.45, 2.75) is 24.3 Å². The zero-order valence-electron chi connectivity index (χ0n) is 11.4. The number of rotatable bonds is 5. The molecule has 1 saturated heterocycles. The Bertz CT molecular complexity index is 507. The summed E-state index contributed by atoms with van der Waals surface area (Å²) in [5, 5.41) is 9.45. The highest BCUT2D eigenvalue weighted by Gasteiger charge is 2.28. The molecule has 2 rings (SSSR count). The number of carboxylic acid groups (broad SMARTS) is 1. The molecular formula is C14H18N2O3S. The number of hydrogen-bond acceptors (Lipinski definition) is 4. The van der Waals surface area contributed by atoms with Gasteiger partial charge in [0.1, 0.15) is 5.03 Å². The highest BCUT2D eigenvalue weighted by Crippen LogP contribution is 2.25. The van der Waals surface area contributed by atoms with E-state index >= 15 is 0 Å². The second kappa shape index (κ2) is 6.74. The molecule has 1 fully saturated rings. The van der Waals surface area contributed by atoms with E-state index < -0.39 is 5.97 Å². The largest absolute Gasteiger partial charge is 0.481 e. The fourth-order valence-corrected chi connectivity index (χ4v) is 3.01. The van der Waals surface area contributed by atoms with Gasteiger partial charge in [-0.2, -0.15) is 0 Å². The lowest BCUT2D eigenvalue weighted by atomic mass is 10.0. The molecular weight excluding hydrogens is 276 g/mol. The summed E-state index contributed by atoms with van der Waals surface area (Å²) in [6.07, 6.45) is 5.28. The predicted molar refractivity (Wildman–Crippen MR) is 76.9 cm³/mol. The van der Waals surface area contributed by atoms with Gasteiger partial charge in [0, 0.05) is 25.7 Å². The molecule has 1 aromatic rings. The van der Waals surface area contributed by atoms with Crippen molar-refractivity contribution in [2.24, 2.45) is 5.92 Å². The summed E-state index contributed by atoms with van der Waals surface area (Å²) in [6.45, 7) is 1.35. The van der Waals surface area contributed by atoms with E-state index in [0.29, 0.717) is 31.0 Å². The lowest BCUT2D eigenvalue weighted by molar-refractivity contribution is -0.137.